The van der Waals surface area contributed by atoms with Gasteiger partial charge in [-0.1, -0.05) is 6.92 Å². The monoisotopic (exact) mass is 328 g/mol. The van der Waals surface area contributed by atoms with E-state index in [4.69, 9.17) is 5.73 Å². The zero-order chi connectivity index (χ0) is 14.1. The lowest BCUT2D eigenvalue weighted by atomic mass is 9.88. The Morgan fingerprint density at radius 1 is 1.43 bits per heavy atom. The molecule has 2 N–H and O–H groups in total. The van der Waals surface area contributed by atoms with Crippen molar-refractivity contribution in [3.8, 4) is 0 Å². The second kappa shape index (κ2) is 7.12. The molecular formula is C16H25ClN2OS. The largest absolute Gasteiger partial charge is 0.334 e. The molecule has 0 spiro atoms. The number of thiophene rings is 1. The van der Waals surface area contributed by atoms with E-state index in [0.29, 0.717) is 6.54 Å². The van der Waals surface area contributed by atoms with Crippen LogP contribution in [0.5, 0.6) is 0 Å². The normalized spacial score (nSPS) is 25.1. The van der Waals surface area contributed by atoms with Crippen LogP contribution in [-0.2, 0) is 12.8 Å². The molecule has 2 atom stereocenters. The van der Waals surface area contributed by atoms with E-state index in [9.17, 15) is 4.79 Å². The van der Waals surface area contributed by atoms with Crippen LogP contribution in [0, 0.1) is 5.92 Å². The second-order valence-electron chi connectivity index (χ2n) is 6.28. The number of fused-ring (bicyclic) bond motifs is 1. The van der Waals surface area contributed by atoms with Crippen LogP contribution in [0.3, 0.4) is 0 Å². The van der Waals surface area contributed by atoms with Crippen LogP contribution >= 0.6 is 23.7 Å². The molecule has 0 aromatic carbocycles. The predicted molar refractivity (Wildman–Crippen MR) is 90.5 cm³/mol. The Hall–Kier alpha value is -0.580. The van der Waals surface area contributed by atoms with Gasteiger partial charge in [0.15, 0.2) is 0 Å². The minimum Gasteiger partial charge on any atom is -0.334 e. The maximum absolute atomic E-state index is 12.9. The van der Waals surface area contributed by atoms with Crippen LogP contribution in [0.1, 0.15) is 53.4 Å². The highest BCUT2D eigenvalue weighted by Crippen LogP contribution is 2.34. The SMILES string of the molecule is CC1CCc2c(C(=O)N3CCCCC3CN)csc2C1.Cl. The molecule has 0 radical (unpaired) electrons. The van der Waals surface area contributed by atoms with E-state index in [1.807, 2.05) is 4.90 Å². The Balaban J connectivity index is 0.00000161. The minimum atomic E-state index is 0. The van der Waals surface area contributed by atoms with Crippen molar-refractivity contribution in [2.45, 2.75) is 51.5 Å². The van der Waals surface area contributed by atoms with E-state index in [-0.39, 0.29) is 24.4 Å². The van der Waals surface area contributed by atoms with Crippen molar-refractivity contribution in [3.63, 3.8) is 0 Å². The number of nitrogens with two attached hydrogens (primary N) is 1. The van der Waals surface area contributed by atoms with Crippen LogP contribution in [0.2, 0.25) is 0 Å². The number of nitrogens with zero attached hydrogens (tertiary/aromatic N) is 1. The van der Waals surface area contributed by atoms with Crippen molar-refractivity contribution >= 4 is 29.7 Å². The van der Waals surface area contributed by atoms with Gasteiger partial charge in [0.25, 0.3) is 5.91 Å². The Labute approximate surface area is 137 Å². The first-order valence-electron chi connectivity index (χ1n) is 7.81. The summed E-state index contributed by atoms with van der Waals surface area (Å²) in [6, 6.07) is 0.245. The fourth-order valence-corrected chi connectivity index (χ4v) is 4.76. The maximum Gasteiger partial charge on any atom is 0.255 e. The van der Waals surface area contributed by atoms with Crippen molar-refractivity contribution < 1.29 is 4.79 Å². The number of carbonyl (C=O) groups is 1. The van der Waals surface area contributed by atoms with Crippen LogP contribution in [0.25, 0.3) is 0 Å². The molecule has 0 saturated carbocycles. The Morgan fingerprint density at radius 3 is 3.00 bits per heavy atom. The quantitative estimate of drug-likeness (QED) is 0.905. The predicted octanol–water partition coefficient (Wildman–Crippen LogP) is 3.25. The molecule has 1 aliphatic carbocycles. The van der Waals surface area contributed by atoms with Crippen molar-refractivity contribution in [2.75, 3.05) is 13.1 Å². The van der Waals surface area contributed by atoms with Crippen molar-refractivity contribution in [1.29, 1.82) is 0 Å². The molecular weight excluding hydrogens is 304 g/mol. The third-order valence-corrected chi connectivity index (χ3v) is 5.84. The zero-order valence-electron chi connectivity index (χ0n) is 12.6. The lowest BCUT2D eigenvalue weighted by Crippen LogP contribution is -2.47. The molecule has 3 rings (SSSR count). The molecule has 3 nitrogen and oxygen atoms in total. The van der Waals surface area contributed by atoms with Gasteiger partial charge in [0.05, 0.1) is 5.56 Å². The summed E-state index contributed by atoms with van der Waals surface area (Å²) in [5.41, 5.74) is 8.15. The highest BCUT2D eigenvalue weighted by atomic mass is 35.5. The van der Waals surface area contributed by atoms with Gasteiger partial charge in [0, 0.05) is 29.4 Å². The second-order valence-corrected chi connectivity index (χ2v) is 7.25. The molecule has 5 heteroatoms. The van der Waals surface area contributed by atoms with E-state index in [1.54, 1.807) is 11.3 Å². The summed E-state index contributed by atoms with van der Waals surface area (Å²) in [7, 11) is 0. The fourth-order valence-electron chi connectivity index (χ4n) is 3.52. The van der Waals surface area contributed by atoms with Gasteiger partial charge in [0.2, 0.25) is 0 Å². The van der Waals surface area contributed by atoms with Crippen LogP contribution in [-0.4, -0.2) is 29.9 Å². The molecule has 2 heterocycles. The molecule has 2 unspecified atom stereocenters. The number of rotatable bonds is 2. The van der Waals surface area contributed by atoms with Gasteiger partial charge >= 0.3 is 0 Å². The Bertz CT molecular complexity index is 502. The molecule has 1 amide bonds. The maximum atomic E-state index is 12.9. The number of piperidine rings is 1. The van der Waals surface area contributed by atoms with Gasteiger partial charge in [-0.25, -0.2) is 0 Å². The Morgan fingerprint density at radius 2 is 2.24 bits per heavy atom. The smallest absolute Gasteiger partial charge is 0.255 e. The van der Waals surface area contributed by atoms with Crippen molar-refractivity contribution in [2.24, 2.45) is 11.7 Å². The first kappa shape index (κ1) is 16.8. The average molecular weight is 329 g/mol. The topological polar surface area (TPSA) is 46.3 Å². The van der Waals surface area contributed by atoms with Gasteiger partial charge in [0.1, 0.15) is 0 Å². The molecule has 118 valence electrons. The van der Waals surface area contributed by atoms with Gasteiger partial charge in [-0.2, -0.15) is 0 Å². The average Bonchev–Trinajstić information content (AvgIpc) is 2.89. The molecule has 1 fully saturated rings. The van der Waals surface area contributed by atoms with Gasteiger partial charge in [-0.3, -0.25) is 4.79 Å². The third kappa shape index (κ3) is 3.27. The molecule has 2 aliphatic rings. The Kier molecular flexibility index (Phi) is 5.69. The summed E-state index contributed by atoms with van der Waals surface area (Å²) in [5, 5.41) is 2.09. The number of amides is 1. The highest BCUT2D eigenvalue weighted by molar-refractivity contribution is 7.10. The minimum absolute atomic E-state index is 0. The first-order valence-corrected chi connectivity index (χ1v) is 8.69. The molecule has 1 aliphatic heterocycles. The highest BCUT2D eigenvalue weighted by Gasteiger charge is 2.30. The van der Waals surface area contributed by atoms with Gasteiger partial charge < -0.3 is 10.6 Å². The molecule has 0 bridgehead atoms. The summed E-state index contributed by atoms with van der Waals surface area (Å²) < 4.78 is 0. The van der Waals surface area contributed by atoms with E-state index in [1.165, 1.54) is 23.3 Å². The number of halogens is 1. The van der Waals surface area contributed by atoms with Gasteiger partial charge in [-0.15, -0.1) is 23.7 Å². The lowest BCUT2D eigenvalue weighted by molar-refractivity contribution is 0.0622. The molecule has 1 aromatic heterocycles. The summed E-state index contributed by atoms with van der Waals surface area (Å²) in [5.74, 6) is 0.989. The van der Waals surface area contributed by atoms with E-state index < -0.39 is 0 Å². The zero-order valence-corrected chi connectivity index (χ0v) is 14.3. The lowest BCUT2D eigenvalue weighted by Gasteiger charge is -2.35. The molecule has 21 heavy (non-hydrogen) atoms. The molecule has 1 aromatic rings. The third-order valence-electron chi connectivity index (χ3n) is 4.79. The number of likely N-dealkylation sites (tertiary alicyclic amines) is 1. The van der Waals surface area contributed by atoms with Crippen LogP contribution < -0.4 is 5.73 Å². The standard InChI is InChI=1S/C16H24N2OS.ClH/c1-11-5-6-13-14(10-20-15(13)8-11)16(19)18-7-3-2-4-12(18)9-17;/h10-12H,2-9,17H2,1H3;1H. The number of hydrogen-bond donors (Lipinski definition) is 1. The summed E-state index contributed by atoms with van der Waals surface area (Å²) >= 11 is 1.78. The number of hydrogen-bond acceptors (Lipinski definition) is 3. The van der Waals surface area contributed by atoms with Crippen molar-refractivity contribution in [1.82, 2.24) is 4.90 Å². The molecule has 1 saturated heterocycles. The summed E-state index contributed by atoms with van der Waals surface area (Å²) in [4.78, 5) is 16.3. The van der Waals surface area contributed by atoms with Crippen LogP contribution in [0.15, 0.2) is 5.38 Å². The van der Waals surface area contributed by atoms with Crippen LogP contribution in [0.4, 0.5) is 0 Å². The van der Waals surface area contributed by atoms with E-state index in [2.05, 4.69) is 12.3 Å². The number of carbonyl (C=O) groups excluding carboxylic acids is 1. The van der Waals surface area contributed by atoms with E-state index in [0.717, 1.165) is 43.7 Å². The van der Waals surface area contributed by atoms with E-state index >= 15 is 0 Å². The van der Waals surface area contributed by atoms with Crippen molar-refractivity contribution in [3.05, 3.63) is 21.4 Å². The first-order chi connectivity index (χ1) is 9.70. The summed E-state index contributed by atoms with van der Waals surface area (Å²) in [6.45, 7) is 3.77. The van der Waals surface area contributed by atoms with Gasteiger partial charge in [-0.05, 0) is 50.0 Å². The fraction of sp³-hybridized carbons (Fsp3) is 0.688. The summed E-state index contributed by atoms with van der Waals surface area (Å²) in [6.07, 6.45) is 6.81.